The van der Waals surface area contributed by atoms with Crippen LogP contribution >= 0.6 is 11.6 Å². The second-order valence-corrected chi connectivity index (χ2v) is 4.30. The van der Waals surface area contributed by atoms with Crippen molar-refractivity contribution in [3.05, 3.63) is 40.3 Å². The lowest BCUT2D eigenvalue weighted by molar-refractivity contribution is 0.0689. The van der Waals surface area contributed by atoms with Gasteiger partial charge >= 0.3 is 5.97 Å². The minimum Gasteiger partial charge on any atom is -0.476 e. The standard InChI is InChI=1S/C12H10ClFN2O2/c1-6-3-4-7(13)10(11(6)14)9-5-8(12(17)18)15-16(9)2/h3-5H,1-2H3,(H,17,18). The van der Waals surface area contributed by atoms with Gasteiger partial charge in [-0.2, -0.15) is 5.10 Å². The molecular formula is C12H10ClFN2O2. The number of hydrogen-bond acceptors (Lipinski definition) is 2. The smallest absolute Gasteiger partial charge is 0.356 e. The molecule has 0 atom stereocenters. The molecule has 4 nitrogen and oxygen atoms in total. The molecule has 1 heterocycles. The summed E-state index contributed by atoms with van der Waals surface area (Å²) in [6.45, 7) is 1.61. The van der Waals surface area contributed by atoms with Crippen molar-refractivity contribution in [3.8, 4) is 11.3 Å². The van der Waals surface area contributed by atoms with E-state index in [0.29, 0.717) is 11.3 Å². The molecule has 1 aromatic carbocycles. The van der Waals surface area contributed by atoms with E-state index in [1.807, 2.05) is 0 Å². The Morgan fingerprint density at radius 3 is 2.72 bits per heavy atom. The predicted molar refractivity (Wildman–Crippen MR) is 65.3 cm³/mol. The highest BCUT2D eigenvalue weighted by atomic mass is 35.5. The zero-order chi connectivity index (χ0) is 13.4. The first kappa shape index (κ1) is 12.6. The number of rotatable bonds is 2. The minimum absolute atomic E-state index is 0.149. The van der Waals surface area contributed by atoms with E-state index in [0.717, 1.165) is 0 Å². The Morgan fingerprint density at radius 2 is 2.17 bits per heavy atom. The molecule has 0 fully saturated rings. The van der Waals surface area contributed by atoms with E-state index in [4.69, 9.17) is 16.7 Å². The molecule has 0 saturated heterocycles. The molecule has 1 N–H and O–H groups in total. The number of carbonyl (C=O) groups is 1. The fourth-order valence-corrected chi connectivity index (χ4v) is 1.94. The van der Waals surface area contributed by atoms with Gasteiger partial charge in [-0.1, -0.05) is 17.7 Å². The first-order valence-electron chi connectivity index (χ1n) is 5.14. The summed E-state index contributed by atoms with van der Waals surface area (Å²) in [5.41, 5.74) is 0.787. The molecule has 0 bridgehead atoms. The zero-order valence-electron chi connectivity index (χ0n) is 9.74. The summed E-state index contributed by atoms with van der Waals surface area (Å²) >= 11 is 5.97. The quantitative estimate of drug-likeness (QED) is 0.911. The normalized spacial score (nSPS) is 10.7. The minimum atomic E-state index is -1.17. The molecule has 2 rings (SSSR count). The van der Waals surface area contributed by atoms with Gasteiger partial charge in [-0.15, -0.1) is 0 Å². The van der Waals surface area contributed by atoms with Gasteiger partial charge in [-0.05, 0) is 24.6 Å². The van der Waals surface area contributed by atoms with Crippen LogP contribution in [0.1, 0.15) is 16.1 Å². The largest absolute Gasteiger partial charge is 0.476 e. The summed E-state index contributed by atoms with van der Waals surface area (Å²) in [6, 6.07) is 4.43. The molecule has 0 saturated carbocycles. The summed E-state index contributed by atoms with van der Waals surface area (Å²) in [5.74, 6) is -1.64. The molecule has 0 radical (unpaired) electrons. The average molecular weight is 269 g/mol. The second kappa shape index (κ2) is 4.42. The fourth-order valence-electron chi connectivity index (χ4n) is 1.70. The average Bonchev–Trinajstić information content (AvgIpc) is 2.67. The number of aromatic carboxylic acids is 1. The van der Waals surface area contributed by atoms with Crippen LogP contribution in [0.2, 0.25) is 5.02 Å². The molecule has 1 aromatic heterocycles. The highest BCUT2D eigenvalue weighted by Crippen LogP contribution is 2.32. The van der Waals surface area contributed by atoms with Gasteiger partial charge in [0.05, 0.1) is 16.3 Å². The Bertz CT molecular complexity index is 637. The number of aromatic nitrogens is 2. The third-order valence-corrected chi connectivity index (χ3v) is 2.95. The molecule has 18 heavy (non-hydrogen) atoms. The van der Waals surface area contributed by atoms with Gasteiger partial charge in [-0.25, -0.2) is 9.18 Å². The predicted octanol–water partition coefficient (Wildman–Crippen LogP) is 2.89. The SMILES string of the molecule is Cc1ccc(Cl)c(-c2cc(C(=O)O)nn2C)c1F. The maximum absolute atomic E-state index is 14.1. The lowest BCUT2D eigenvalue weighted by Crippen LogP contribution is -2.00. The monoisotopic (exact) mass is 268 g/mol. The fraction of sp³-hybridized carbons (Fsp3) is 0.167. The van der Waals surface area contributed by atoms with Crippen molar-refractivity contribution in [1.82, 2.24) is 9.78 Å². The number of aryl methyl sites for hydroxylation is 2. The van der Waals surface area contributed by atoms with E-state index >= 15 is 0 Å². The summed E-state index contributed by atoms with van der Waals surface area (Å²) in [4.78, 5) is 10.8. The van der Waals surface area contributed by atoms with Crippen molar-refractivity contribution < 1.29 is 14.3 Å². The maximum Gasteiger partial charge on any atom is 0.356 e. The van der Waals surface area contributed by atoms with Gasteiger partial charge in [0.2, 0.25) is 0 Å². The number of nitrogens with zero attached hydrogens (tertiary/aromatic N) is 2. The van der Waals surface area contributed by atoms with Crippen molar-refractivity contribution in [1.29, 1.82) is 0 Å². The number of benzene rings is 1. The van der Waals surface area contributed by atoms with Crippen molar-refractivity contribution >= 4 is 17.6 Å². The van der Waals surface area contributed by atoms with E-state index in [9.17, 15) is 9.18 Å². The van der Waals surface area contributed by atoms with Crippen molar-refractivity contribution in [3.63, 3.8) is 0 Å². The van der Waals surface area contributed by atoms with Crippen LogP contribution in [0.4, 0.5) is 4.39 Å². The molecular weight excluding hydrogens is 259 g/mol. The molecule has 0 aliphatic carbocycles. The molecule has 94 valence electrons. The summed E-state index contributed by atoms with van der Waals surface area (Å²) in [6.07, 6.45) is 0. The molecule has 0 spiro atoms. The van der Waals surface area contributed by atoms with Crippen LogP contribution in [-0.4, -0.2) is 20.9 Å². The van der Waals surface area contributed by atoms with E-state index in [-0.39, 0.29) is 16.3 Å². The number of hydrogen-bond donors (Lipinski definition) is 1. The van der Waals surface area contributed by atoms with Crippen LogP contribution in [0.3, 0.4) is 0 Å². The van der Waals surface area contributed by atoms with Crippen LogP contribution in [0, 0.1) is 12.7 Å². The highest BCUT2D eigenvalue weighted by molar-refractivity contribution is 6.33. The molecule has 0 unspecified atom stereocenters. The first-order chi connectivity index (χ1) is 8.41. The Labute approximate surface area is 108 Å². The number of carboxylic acid groups (broad SMARTS) is 1. The van der Waals surface area contributed by atoms with Crippen LogP contribution in [-0.2, 0) is 7.05 Å². The van der Waals surface area contributed by atoms with E-state index in [1.54, 1.807) is 26.1 Å². The van der Waals surface area contributed by atoms with Crippen molar-refractivity contribution in [2.75, 3.05) is 0 Å². The third-order valence-electron chi connectivity index (χ3n) is 2.64. The van der Waals surface area contributed by atoms with Gasteiger partial charge in [0.1, 0.15) is 5.82 Å². The lowest BCUT2D eigenvalue weighted by Gasteiger charge is -2.08. The topological polar surface area (TPSA) is 55.1 Å². The summed E-state index contributed by atoms with van der Waals surface area (Å²) in [5, 5.41) is 12.9. The van der Waals surface area contributed by atoms with Crippen molar-refractivity contribution in [2.24, 2.45) is 7.05 Å². The van der Waals surface area contributed by atoms with Crippen LogP contribution < -0.4 is 0 Å². The lowest BCUT2D eigenvalue weighted by atomic mass is 10.1. The Morgan fingerprint density at radius 1 is 1.50 bits per heavy atom. The van der Waals surface area contributed by atoms with Gasteiger partial charge in [0.15, 0.2) is 5.69 Å². The first-order valence-corrected chi connectivity index (χ1v) is 5.52. The molecule has 0 aliphatic rings. The zero-order valence-corrected chi connectivity index (χ0v) is 10.5. The van der Waals surface area contributed by atoms with Gasteiger partial charge < -0.3 is 5.11 Å². The van der Waals surface area contributed by atoms with Crippen LogP contribution in [0.15, 0.2) is 18.2 Å². The van der Waals surface area contributed by atoms with E-state index in [2.05, 4.69) is 5.10 Å². The highest BCUT2D eigenvalue weighted by Gasteiger charge is 2.19. The molecule has 0 aliphatic heterocycles. The van der Waals surface area contributed by atoms with Gasteiger partial charge in [0, 0.05) is 7.05 Å². The Hall–Kier alpha value is -1.88. The van der Waals surface area contributed by atoms with Gasteiger partial charge in [0.25, 0.3) is 0 Å². The Kier molecular flexibility index (Phi) is 3.09. The summed E-state index contributed by atoms with van der Waals surface area (Å²) in [7, 11) is 1.54. The molecule has 0 amide bonds. The number of halogens is 2. The molecule has 6 heteroatoms. The van der Waals surface area contributed by atoms with Crippen LogP contribution in [0.25, 0.3) is 11.3 Å². The third kappa shape index (κ3) is 1.97. The number of carboxylic acids is 1. The molecule has 2 aromatic rings. The van der Waals surface area contributed by atoms with Gasteiger partial charge in [-0.3, -0.25) is 4.68 Å². The Balaban J connectivity index is 2.69. The van der Waals surface area contributed by atoms with E-state index in [1.165, 1.54) is 10.7 Å². The van der Waals surface area contributed by atoms with Crippen molar-refractivity contribution in [2.45, 2.75) is 6.92 Å². The maximum atomic E-state index is 14.1. The summed E-state index contributed by atoms with van der Waals surface area (Å²) < 4.78 is 15.4. The van der Waals surface area contributed by atoms with E-state index < -0.39 is 11.8 Å². The second-order valence-electron chi connectivity index (χ2n) is 3.90. The van der Waals surface area contributed by atoms with Crippen LogP contribution in [0.5, 0.6) is 0 Å².